The van der Waals surface area contributed by atoms with E-state index in [2.05, 4.69) is 15.9 Å². The van der Waals surface area contributed by atoms with Gasteiger partial charge < -0.3 is 20.3 Å². The molecule has 0 radical (unpaired) electrons. The van der Waals surface area contributed by atoms with Gasteiger partial charge in [-0.2, -0.15) is 0 Å². The zero-order chi connectivity index (χ0) is 15.1. The van der Waals surface area contributed by atoms with Crippen molar-refractivity contribution < 1.29 is 14.6 Å². The number of hydrogen-bond donors (Lipinski definition) is 2. The van der Waals surface area contributed by atoms with Gasteiger partial charge in [-0.25, -0.2) is 0 Å². The van der Waals surface area contributed by atoms with Gasteiger partial charge in [-0.15, -0.1) is 0 Å². The number of ether oxygens (including phenoxy) is 2. The van der Waals surface area contributed by atoms with Gasteiger partial charge in [0, 0.05) is 16.2 Å². The molecule has 3 N–H and O–H groups in total. The van der Waals surface area contributed by atoms with E-state index in [1.807, 2.05) is 24.3 Å². The highest BCUT2D eigenvalue weighted by Crippen LogP contribution is 2.15. The standard InChI is InChI=1S/C16H18BrNO3/c17-13-4-1-3-12(7-13)9-20-10-15(19)11-21-16-6-2-5-14(18)8-16/h1-8,15,19H,9-11,18H2. The molecule has 0 saturated heterocycles. The van der Waals surface area contributed by atoms with Crippen LogP contribution in [-0.2, 0) is 11.3 Å². The van der Waals surface area contributed by atoms with Crippen LogP contribution >= 0.6 is 15.9 Å². The minimum absolute atomic E-state index is 0.169. The van der Waals surface area contributed by atoms with Crippen LogP contribution in [0.4, 0.5) is 5.69 Å². The number of anilines is 1. The van der Waals surface area contributed by atoms with Crippen LogP contribution in [0.1, 0.15) is 5.56 Å². The second-order valence-corrected chi connectivity index (χ2v) is 5.60. The van der Waals surface area contributed by atoms with Crippen molar-refractivity contribution in [3.63, 3.8) is 0 Å². The molecule has 1 atom stereocenters. The topological polar surface area (TPSA) is 64.7 Å². The summed E-state index contributed by atoms with van der Waals surface area (Å²) in [6, 6.07) is 15.0. The summed E-state index contributed by atoms with van der Waals surface area (Å²) in [4.78, 5) is 0. The maximum Gasteiger partial charge on any atom is 0.121 e. The number of aliphatic hydroxyl groups excluding tert-OH is 1. The predicted molar refractivity (Wildman–Crippen MR) is 86.2 cm³/mol. The Bertz CT molecular complexity index is 577. The van der Waals surface area contributed by atoms with Crippen LogP contribution < -0.4 is 10.5 Å². The van der Waals surface area contributed by atoms with E-state index in [1.165, 1.54) is 0 Å². The number of benzene rings is 2. The molecular weight excluding hydrogens is 334 g/mol. The van der Waals surface area contributed by atoms with Gasteiger partial charge in [0.15, 0.2) is 0 Å². The Morgan fingerprint density at radius 1 is 1.10 bits per heavy atom. The summed E-state index contributed by atoms with van der Waals surface area (Å²) < 4.78 is 11.9. The van der Waals surface area contributed by atoms with Crippen molar-refractivity contribution in [2.45, 2.75) is 12.7 Å². The molecular formula is C16H18BrNO3. The maximum absolute atomic E-state index is 9.82. The van der Waals surface area contributed by atoms with Crippen LogP contribution in [0.15, 0.2) is 53.0 Å². The van der Waals surface area contributed by atoms with Crippen LogP contribution in [0, 0.1) is 0 Å². The van der Waals surface area contributed by atoms with E-state index in [4.69, 9.17) is 15.2 Å². The van der Waals surface area contributed by atoms with Crippen molar-refractivity contribution in [1.29, 1.82) is 0 Å². The number of aliphatic hydroxyl groups is 1. The third kappa shape index (κ3) is 5.75. The molecule has 0 aliphatic heterocycles. The largest absolute Gasteiger partial charge is 0.491 e. The highest BCUT2D eigenvalue weighted by molar-refractivity contribution is 9.10. The fraction of sp³-hybridized carbons (Fsp3) is 0.250. The number of halogens is 1. The van der Waals surface area contributed by atoms with Crippen molar-refractivity contribution in [3.05, 3.63) is 58.6 Å². The van der Waals surface area contributed by atoms with E-state index >= 15 is 0 Å². The monoisotopic (exact) mass is 351 g/mol. The molecule has 0 aliphatic rings. The van der Waals surface area contributed by atoms with Gasteiger partial charge in [-0.05, 0) is 29.8 Å². The van der Waals surface area contributed by atoms with Crippen LogP contribution in [0.5, 0.6) is 5.75 Å². The first kappa shape index (κ1) is 15.8. The summed E-state index contributed by atoms with van der Waals surface area (Å²) in [6.45, 7) is 0.839. The summed E-state index contributed by atoms with van der Waals surface area (Å²) in [5, 5.41) is 9.82. The van der Waals surface area contributed by atoms with Gasteiger partial charge in [0.05, 0.1) is 13.2 Å². The van der Waals surface area contributed by atoms with E-state index in [9.17, 15) is 5.11 Å². The molecule has 2 rings (SSSR count). The Morgan fingerprint density at radius 3 is 2.67 bits per heavy atom. The van der Waals surface area contributed by atoms with Gasteiger partial charge in [-0.3, -0.25) is 0 Å². The lowest BCUT2D eigenvalue weighted by atomic mass is 10.2. The second-order valence-electron chi connectivity index (χ2n) is 4.68. The fourth-order valence-electron chi connectivity index (χ4n) is 1.78. The quantitative estimate of drug-likeness (QED) is 0.752. The lowest BCUT2D eigenvalue weighted by Crippen LogP contribution is -2.23. The average Bonchev–Trinajstić information content (AvgIpc) is 2.45. The summed E-state index contributed by atoms with van der Waals surface area (Å²) >= 11 is 3.40. The second kappa shape index (κ2) is 8.02. The number of nitrogen functional groups attached to an aromatic ring is 1. The molecule has 112 valence electrons. The Kier molecular flexibility index (Phi) is 6.04. The molecule has 1 unspecified atom stereocenters. The van der Waals surface area contributed by atoms with Crippen molar-refractivity contribution in [2.75, 3.05) is 18.9 Å². The Labute approximate surface area is 132 Å². The normalized spacial score (nSPS) is 12.1. The summed E-state index contributed by atoms with van der Waals surface area (Å²) in [6.07, 6.45) is -0.682. The van der Waals surface area contributed by atoms with Crippen molar-refractivity contribution in [1.82, 2.24) is 0 Å². The van der Waals surface area contributed by atoms with E-state index in [0.717, 1.165) is 10.0 Å². The Hall–Kier alpha value is -1.56. The third-order valence-electron chi connectivity index (χ3n) is 2.77. The van der Waals surface area contributed by atoms with Gasteiger partial charge in [-0.1, -0.05) is 34.1 Å². The minimum Gasteiger partial charge on any atom is -0.491 e. The summed E-state index contributed by atoms with van der Waals surface area (Å²) in [7, 11) is 0. The molecule has 5 heteroatoms. The van der Waals surface area contributed by atoms with Gasteiger partial charge in [0.25, 0.3) is 0 Å². The van der Waals surface area contributed by atoms with E-state index in [-0.39, 0.29) is 13.2 Å². The van der Waals surface area contributed by atoms with Crippen molar-refractivity contribution in [3.8, 4) is 5.75 Å². The molecule has 4 nitrogen and oxygen atoms in total. The van der Waals surface area contributed by atoms with Gasteiger partial charge >= 0.3 is 0 Å². The molecule has 0 aromatic heterocycles. The zero-order valence-electron chi connectivity index (χ0n) is 11.5. The highest BCUT2D eigenvalue weighted by Gasteiger charge is 2.06. The first-order chi connectivity index (χ1) is 10.1. The Balaban J connectivity index is 1.69. The SMILES string of the molecule is Nc1cccc(OCC(O)COCc2cccc(Br)c2)c1. The van der Waals surface area contributed by atoms with Crippen molar-refractivity contribution in [2.24, 2.45) is 0 Å². The van der Waals surface area contributed by atoms with E-state index in [0.29, 0.717) is 18.0 Å². The Morgan fingerprint density at radius 2 is 1.90 bits per heavy atom. The minimum atomic E-state index is -0.682. The van der Waals surface area contributed by atoms with Crippen LogP contribution in [0.25, 0.3) is 0 Å². The molecule has 0 aliphatic carbocycles. The summed E-state index contributed by atoms with van der Waals surface area (Å²) in [5.74, 6) is 0.640. The molecule has 0 fully saturated rings. The molecule has 0 heterocycles. The van der Waals surface area contributed by atoms with Crippen LogP contribution in [-0.4, -0.2) is 24.4 Å². The average molecular weight is 352 g/mol. The maximum atomic E-state index is 9.82. The molecule has 2 aromatic rings. The highest BCUT2D eigenvalue weighted by atomic mass is 79.9. The zero-order valence-corrected chi connectivity index (χ0v) is 13.1. The fourth-order valence-corrected chi connectivity index (χ4v) is 2.23. The summed E-state index contributed by atoms with van der Waals surface area (Å²) in [5.41, 5.74) is 7.33. The smallest absolute Gasteiger partial charge is 0.121 e. The molecule has 0 saturated carbocycles. The first-order valence-corrected chi connectivity index (χ1v) is 7.41. The van der Waals surface area contributed by atoms with Crippen LogP contribution in [0.2, 0.25) is 0 Å². The molecule has 21 heavy (non-hydrogen) atoms. The molecule has 0 spiro atoms. The lowest BCUT2D eigenvalue weighted by Gasteiger charge is -2.13. The van der Waals surface area contributed by atoms with Crippen molar-refractivity contribution >= 4 is 21.6 Å². The lowest BCUT2D eigenvalue weighted by molar-refractivity contribution is 0.00549. The van der Waals surface area contributed by atoms with Gasteiger partial charge in [0.2, 0.25) is 0 Å². The predicted octanol–water partition coefficient (Wildman–Crippen LogP) is 2.99. The van der Waals surface area contributed by atoms with Crippen LogP contribution in [0.3, 0.4) is 0 Å². The van der Waals surface area contributed by atoms with E-state index < -0.39 is 6.10 Å². The number of hydrogen-bond acceptors (Lipinski definition) is 4. The molecule has 0 amide bonds. The molecule has 0 bridgehead atoms. The number of nitrogens with two attached hydrogens (primary N) is 1. The first-order valence-electron chi connectivity index (χ1n) is 6.62. The third-order valence-corrected chi connectivity index (χ3v) is 3.26. The van der Waals surface area contributed by atoms with Gasteiger partial charge in [0.1, 0.15) is 18.5 Å². The molecule has 2 aromatic carbocycles. The number of rotatable bonds is 7. The van der Waals surface area contributed by atoms with E-state index in [1.54, 1.807) is 24.3 Å².